The van der Waals surface area contributed by atoms with Gasteiger partial charge in [0.1, 0.15) is 5.82 Å². The second-order valence-corrected chi connectivity index (χ2v) is 9.21. The number of aromatic nitrogens is 5. The van der Waals surface area contributed by atoms with Crippen LogP contribution in [0.15, 0.2) is 24.7 Å². The number of nitrogens with two attached hydrogens (primary N) is 1. The molecule has 2 fully saturated rings. The lowest BCUT2D eigenvalue weighted by Crippen LogP contribution is -2.36. The maximum absolute atomic E-state index is 10.8. The number of carbonyl (C=O) groups excluding carboxylic acids is 1. The highest BCUT2D eigenvalue weighted by molar-refractivity contribution is 5.86. The summed E-state index contributed by atoms with van der Waals surface area (Å²) in [5, 5.41) is 9.35. The first-order valence-electron chi connectivity index (χ1n) is 12.7. The van der Waals surface area contributed by atoms with Gasteiger partial charge in [0.2, 0.25) is 5.95 Å². The Morgan fingerprint density at radius 3 is 2.64 bits per heavy atom. The number of ether oxygens (including phenoxy) is 1. The summed E-state index contributed by atoms with van der Waals surface area (Å²) in [6, 6.07) is 3.95. The van der Waals surface area contributed by atoms with Crippen LogP contribution in [0.5, 0.6) is 0 Å². The van der Waals surface area contributed by atoms with E-state index in [-0.39, 0.29) is 0 Å². The second kappa shape index (κ2) is 11.4. The average Bonchev–Trinajstić information content (AvgIpc) is 3.57. The van der Waals surface area contributed by atoms with Crippen LogP contribution in [-0.2, 0) is 4.74 Å². The minimum absolute atomic E-state index is 0.417. The van der Waals surface area contributed by atoms with Crippen molar-refractivity contribution in [1.29, 1.82) is 0 Å². The van der Waals surface area contributed by atoms with E-state index >= 15 is 0 Å². The number of carbonyl (C=O) groups is 1. The average molecular weight is 495 g/mol. The van der Waals surface area contributed by atoms with Gasteiger partial charge < -0.3 is 35.9 Å². The van der Waals surface area contributed by atoms with Gasteiger partial charge in [-0.1, -0.05) is 12.8 Å². The van der Waals surface area contributed by atoms with Crippen molar-refractivity contribution in [2.75, 3.05) is 54.9 Å². The molecule has 192 valence electrons. The van der Waals surface area contributed by atoms with Gasteiger partial charge >= 0.3 is 6.03 Å². The lowest BCUT2D eigenvalue weighted by Gasteiger charge is -2.27. The molecule has 1 aliphatic carbocycles. The van der Waals surface area contributed by atoms with Crippen molar-refractivity contribution in [3.8, 4) is 0 Å². The summed E-state index contributed by atoms with van der Waals surface area (Å²) in [6.07, 6.45) is 10.1. The summed E-state index contributed by atoms with van der Waals surface area (Å²) in [5.74, 6) is 2.14. The molecule has 1 saturated carbocycles. The normalized spacial score (nSPS) is 16.4. The van der Waals surface area contributed by atoms with E-state index in [1.807, 2.05) is 24.7 Å². The third-order valence-corrected chi connectivity index (χ3v) is 6.67. The van der Waals surface area contributed by atoms with Gasteiger partial charge in [0, 0.05) is 32.2 Å². The number of urea groups is 1. The number of rotatable bonds is 10. The lowest BCUT2D eigenvalue weighted by molar-refractivity contribution is 0.122. The summed E-state index contributed by atoms with van der Waals surface area (Å²) >= 11 is 0. The molecule has 3 aromatic heterocycles. The molecule has 3 aromatic rings. The number of anilines is 4. The monoisotopic (exact) mass is 494 g/mol. The third kappa shape index (κ3) is 5.76. The van der Waals surface area contributed by atoms with Crippen molar-refractivity contribution >= 4 is 40.5 Å². The SMILES string of the molecule is NC(=O)NCCCCNc1nc(Nc2ccc(N3CCOCC3)nc2)c2ncn(C3CCCC3)c2n1. The van der Waals surface area contributed by atoms with Crippen molar-refractivity contribution in [3.63, 3.8) is 0 Å². The van der Waals surface area contributed by atoms with Crippen LogP contribution in [0.2, 0.25) is 0 Å². The molecule has 0 radical (unpaired) electrons. The predicted molar refractivity (Wildman–Crippen MR) is 139 cm³/mol. The van der Waals surface area contributed by atoms with Gasteiger partial charge in [-0.15, -0.1) is 0 Å². The Hall–Kier alpha value is -3.67. The molecule has 0 bridgehead atoms. The van der Waals surface area contributed by atoms with Crippen molar-refractivity contribution in [2.45, 2.75) is 44.6 Å². The highest BCUT2D eigenvalue weighted by Crippen LogP contribution is 2.33. The summed E-state index contributed by atoms with van der Waals surface area (Å²) in [6.45, 7) is 4.37. The first kappa shape index (κ1) is 24.0. The summed E-state index contributed by atoms with van der Waals surface area (Å²) in [7, 11) is 0. The van der Waals surface area contributed by atoms with Gasteiger partial charge in [0.25, 0.3) is 0 Å². The largest absolute Gasteiger partial charge is 0.378 e. The van der Waals surface area contributed by atoms with E-state index in [1.165, 1.54) is 12.8 Å². The Morgan fingerprint density at radius 1 is 1.08 bits per heavy atom. The van der Waals surface area contributed by atoms with E-state index in [2.05, 4.69) is 35.4 Å². The molecule has 1 aliphatic heterocycles. The number of pyridine rings is 1. The van der Waals surface area contributed by atoms with E-state index in [9.17, 15) is 4.79 Å². The van der Waals surface area contributed by atoms with Crippen molar-refractivity contribution in [2.24, 2.45) is 5.73 Å². The van der Waals surface area contributed by atoms with Crippen LogP contribution in [0.1, 0.15) is 44.6 Å². The molecule has 5 N–H and O–H groups in total. The molecule has 0 atom stereocenters. The lowest BCUT2D eigenvalue weighted by atomic mass is 10.2. The zero-order chi connectivity index (χ0) is 24.7. The first-order valence-corrected chi connectivity index (χ1v) is 12.7. The fraction of sp³-hybridized carbons (Fsp3) is 0.542. The number of imidazole rings is 1. The Bertz CT molecular complexity index is 1150. The topological polar surface area (TPSA) is 148 Å². The predicted octanol–water partition coefficient (Wildman–Crippen LogP) is 2.78. The van der Waals surface area contributed by atoms with E-state index in [0.717, 1.165) is 74.7 Å². The molecular weight excluding hydrogens is 460 g/mol. The molecule has 12 nitrogen and oxygen atoms in total. The molecule has 0 unspecified atom stereocenters. The van der Waals surface area contributed by atoms with Gasteiger partial charge in [-0.2, -0.15) is 9.97 Å². The minimum Gasteiger partial charge on any atom is -0.378 e. The molecule has 0 aromatic carbocycles. The maximum atomic E-state index is 10.8. The van der Waals surface area contributed by atoms with Crippen molar-refractivity contribution in [1.82, 2.24) is 29.8 Å². The zero-order valence-corrected chi connectivity index (χ0v) is 20.4. The van der Waals surface area contributed by atoms with Crippen LogP contribution in [0.3, 0.4) is 0 Å². The molecule has 1 saturated heterocycles. The van der Waals surface area contributed by atoms with Crippen LogP contribution in [0.4, 0.5) is 28.1 Å². The first-order chi connectivity index (χ1) is 17.7. The minimum atomic E-state index is -0.500. The van der Waals surface area contributed by atoms with Crippen LogP contribution >= 0.6 is 0 Å². The molecule has 0 spiro atoms. The summed E-state index contributed by atoms with van der Waals surface area (Å²) in [4.78, 5) is 31.9. The highest BCUT2D eigenvalue weighted by atomic mass is 16.5. The van der Waals surface area contributed by atoms with Gasteiger partial charge in [0.05, 0.1) is 31.4 Å². The molecule has 5 rings (SSSR count). The zero-order valence-electron chi connectivity index (χ0n) is 20.4. The number of unbranched alkanes of at least 4 members (excludes halogenated alkanes) is 1. The second-order valence-electron chi connectivity index (χ2n) is 9.21. The smallest absolute Gasteiger partial charge is 0.312 e. The fourth-order valence-electron chi connectivity index (χ4n) is 4.77. The molecule has 36 heavy (non-hydrogen) atoms. The third-order valence-electron chi connectivity index (χ3n) is 6.67. The number of hydrogen-bond donors (Lipinski definition) is 4. The van der Waals surface area contributed by atoms with E-state index in [1.54, 1.807) is 0 Å². The summed E-state index contributed by atoms with van der Waals surface area (Å²) in [5.41, 5.74) is 7.53. The molecule has 4 heterocycles. The number of morpholine rings is 1. The number of nitrogens with one attached hydrogen (secondary N) is 3. The Morgan fingerprint density at radius 2 is 1.89 bits per heavy atom. The number of amides is 2. The van der Waals surface area contributed by atoms with Crippen LogP contribution in [-0.4, -0.2) is 69.9 Å². The van der Waals surface area contributed by atoms with Crippen LogP contribution in [0.25, 0.3) is 11.2 Å². The van der Waals surface area contributed by atoms with Gasteiger partial charge in [-0.3, -0.25) is 0 Å². The standard InChI is InChI=1S/C24H34N10O2/c25-23(35)26-9-3-4-10-27-24-31-21(20-22(32-24)34(16-29-20)18-5-1-2-6-18)30-17-7-8-19(28-15-17)33-11-13-36-14-12-33/h7-8,15-16,18H,1-6,9-14H2,(H3,25,26,35)(H2,27,30,31,32). The Labute approximate surface area is 210 Å². The number of nitrogens with zero attached hydrogens (tertiary/aromatic N) is 6. The quantitative estimate of drug-likeness (QED) is 0.312. The summed E-state index contributed by atoms with van der Waals surface area (Å²) < 4.78 is 7.63. The Kier molecular flexibility index (Phi) is 7.60. The number of hydrogen-bond acceptors (Lipinski definition) is 9. The Balaban J connectivity index is 1.33. The van der Waals surface area contributed by atoms with Crippen LogP contribution in [0, 0.1) is 0 Å². The number of fused-ring (bicyclic) bond motifs is 1. The van der Waals surface area contributed by atoms with Crippen molar-refractivity contribution in [3.05, 3.63) is 24.7 Å². The van der Waals surface area contributed by atoms with E-state index in [0.29, 0.717) is 30.9 Å². The highest BCUT2D eigenvalue weighted by Gasteiger charge is 2.22. The maximum Gasteiger partial charge on any atom is 0.312 e. The number of primary amides is 1. The van der Waals surface area contributed by atoms with Gasteiger partial charge in [-0.25, -0.2) is 14.8 Å². The van der Waals surface area contributed by atoms with Gasteiger partial charge in [-0.05, 0) is 37.8 Å². The fourth-order valence-corrected chi connectivity index (χ4v) is 4.77. The molecule has 12 heteroatoms. The molecular formula is C24H34N10O2. The van der Waals surface area contributed by atoms with E-state index < -0.39 is 6.03 Å². The molecule has 2 amide bonds. The molecule has 2 aliphatic rings. The van der Waals surface area contributed by atoms with E-state index in [4.69, 9.17) is 20.4 Å². The van der Waals surface area contributed by atoms with Gasteiger partial charge in [0.15, 0.2) is 17.0 Å². The van der Waals surface area contributed by atoms with Crippen molar-refractivity contribution < 1.29 is 9.53 Å². The van der Waals surface area contributed by atoms with Crippen LogP contribution < -0.4 is 26.6 Å².